The van der Waals surface area contributed by atoms with Gasteiger partial charge in [-0.3, -0.25) is 9.59 Å². The zero-order valence-electron chi connectivity index (χ0n) is 15.8. The van der Waals surface area contributed by atoms with Crippen LogP contribution in [0, 0.1) is 6.92 Å². The molecule has 0 fully saturated rings. The number of hydrogen-bond donors (Lipinski definition) is 2. The summed E-state index contributed by atoms with van der Waals surface area (Å²) in [6.07, 6.45) is 0. The molecule has 5 nitrogen and oxygen atoms in total. The van der Waals surface area contributed by atoms with E-state index in [9.17, 15) is 9.59 Å². The Bertz CT molecular complexity index is 1190. The lowest BCUT2D eigenvalue weighted by Crippen LogP contribution is -2.23. The highest BCUT2D eigenvalue weighted by molar-refractivity contribution is 7.13. The second-order valence-corrected chi connectivity index (χ2v) is 7.48. The zero-order valence-corrected chi connectivity index (χ0v) is 16.6. The first-order valence-corrected chi connectivity index (χ1v) is 9.98. The van der Waals surface area contributed by atoms with Gasteiger partial charge >= 0.3 is 0 Å². The summed E-state index contributed by atoms with van der Waals surface area (Å²) in [6.45, 7) is 2.33. The van der Waals surface area contributed by atoms with Crippen molar-refractivity contribution in [1.82, 2.24) is 9.69 Å². The van der Waals surface area contributed by atoms with Crippen molar-refractivity contribution in [3.05, 3.63) is 95.2 Å². The van der Waals surface area contributed by atoms with Gasteiger partial charge in [-0.1, -0.05) is 54.6 Å². The van der Waals surface area contributed by atoms with Crippen molar-refractivity contribution in [2.24, 2.45) is 0 Å². The minimum atomic E-state index is -0.285. The average Bonchev–Trinajstić information content (AvgIpc) is 3.18. The number of nitrogens with one attached hydrogen (secondary N) is 2. The van der Waals surface area contributed by atoms with Gasteiger partial charge in [-0.2, -0.15) is 4.37 Å². The molecule has 0 atom stereocenters. The number of aryl methyl sites for hydroxylation is 1. The Hall–Kier alpha value is -3.51. The monoisotopic (exact) mass is 401 g/mol. The largest absolute Gasteiger partial charge is 0.348 e. The van der Waals surface area contributed by atoms with E-state index < -0.39 is 0 Å². The van der Waals surface area contributed by atoms with Gasteiger partial charge in [0.1, 0.15) is 5.69 Å². The van der Waals surface area contributed by atoms with Crippen molar-refractivity contribution in [1.29, 1.82) is 0 Å². The Morgan fingerprint density at radius 2 is 1.69 bits per heavy atom. The van der Waals surface area contributed by atoms with Crippen LogP contribution < -0.4 is 10.6 Å². The summed E-state index contributed by atoms with van der Waals surface area (Å²) in [5.74, 6) is -0.476. The topological polar surface area (TPSA) is 71.1 Å². The maximum atomic E-state index is 12.8. The molecule has 29 heavy (non-hydrogen) atoms. The molecule has 0 aliphatic heterocycles. The molecular formula is C23H19N3O2S. The van der Waals surface area contributed by atoms with Gasteiger partial charge in [0.25, 0.3) is 11.8 Å². The van der Waals surface area contributed by atoms with Gasteiger partial charge in [0.2, 0.25) is 0 Å². The first-order chi connectivity index (χ1) is 14.1. The summed E-state index contributed by atoms with van der Waals surface area (Å²) in [5.41, 5.74) is 3.38. The Morgan fingerprint density at radius 3 is 2.52 bits per heavy atom. The molecule has 6 heteroatoms. The smallest absolute Gasteiger partial charge is 0.276 e. The second-order valence-electron chi connectivity index (χ2n) is 6.68. The quantitative estimate of drug-likeness (QED) is 0.505. The molecule has 144 valence electrons. The number of aromatic nitrogens is 1. The van der Waals surface area contributed by atoms with E-state index in [0.717, 1.165) is 21.2 Å². The molecule has 0 saturated heterocycles. The Morgan fingerprint density at radius 1 is 0.931 bits per heavy atom. The lowest BCUT2D eigenvalue weighted by atomic mass is 10.1. The van der Waals surface area contributed by atoms with Crippen molar-refractivity contribution in [3.8, 4) is 0 Å². The number of fused-ring (bicyclic) bond motifs is 1. The molecule has 0 spiro atoms. The number of anilines is 1. The van der Waals surface area contributed by atoms with Gasteiger partial charge in [0.05, 0.1) is 4.70 Å². The van der Waals surface area contributed by atoms with Gasteiger partial charge in [-0.25, -0.2) is 0 Å². The van der Waals surface area contributed by atoms with Gasteiger partial charge in [0.15, 0.2) is 0 Å². The zero-order chi connectivity index (χ0) is 20.2. The van der Waals surface area contributed by atoms with Crippen molar-refractivity contribution < 1.29 is 9.59 Å². The Kier molecular flexibility index (Phi) is 5.35. The van der Waals surface area contributed by atoms with Crippen LogP contribution in [0.2, 0.25) is 0 Å². The summed E-state index contributed by atoms with van der Waals surface area (Å²) in [6, 6.07) is 22.6. The van der Waals surface area contributed by atoms with E-state index in [0.29, 0.717) is 23.5 Å². The molecule has 2 amide bonds. The molecule has 0 saturated carbocycles. The van der Waals surface area contributed by atoms with E-state index in [1.165, 1.54) is 11.5 Å². The molecule has 1 heterocycles. The number of carbonyl (C=O) groups excluding carboxylic acids is 2. The van der Waals surface area contributed by atoms with Crippen molar-refractivity contribution in [3.63, 3.8) is 0 Å². The van der Waals surface area contributed by atoms with Gasteiger partial charge in [0, 0.05) is 23.2 Å². The molecular weight excluding hydrogens is 382 g/mol. The Balaban J connectivity index is 1.50. The van der Waals surface area contributed by atoms with E-state index in [4.69, 9.17) is 0 Å². The highest BCUT2D eigenvalue weighted by Crippen LogP contribution is 2.24. The van der Waals surface area contributed by atoms with Crippen molar-refractivity contribution in [2.75, 3.05) is 5.32 Å². The number of nitrogens with zero attached hydrogens (tertiary/aromatic N) is 1. The lowest BCUT2D eigenvalue weighted by molar-refractivity contribution is 0.0949. The van der Waals surface area contributed by atoms with Crippen LogP contribution in [0.15, 0.2) is 72.8 Å². The van der Waals surface area contributed by atoms with E-state index in [2.05, 4.69) is 15.0 Å². The van der Waals surface area contributed by atoms with E-state index >= 15 is 0 Å². The predicted octanol–water partition coefficient (Wildman–Crippen LogP) is 4.79. The summed E-state index contributed by atoms with van der Waals surface area (Å²) < 4.78 is 5.25. The van der Waals surface area contributed by atoms with Gasteiger partial charge in [-0.15, -0.1) is 0 Å². The number of hydrogen-bond acceptors (Lipinski definition) is 4. The summed E-state index contributed by atoms with van der Waals surface area (Å²) >= 11 is 1.29. The number of rotatable bonds is 5. The molecule has 2 N–H and O–H groups in total. The summed E-state index contributed by atoms with van der Waals surface area (Å²) in [7, 11) is 0. The summed E-state index contributed by atoms with van der Waals surface area (Å²) in [4.78, 5) is 25.3. The minimum Gasteiger partial charge on any atom is -0.348 e. The molecule has 4 rings (SSSR count). The van der Waals surface area contributed by atoms with Crippen LogP contribution >= 0.6 is 11.5 Å². The fourth-order valence-electron chi connectivity index (χ4n) is 3.01. The SMILES string of the molecule is Cc1ccc(C(=O)NCc2ccccc2)cc1NC(=O)c1nsc2ccccc12. The standard InChI is InChI=1S/C23H19N3O2S/c1-15-11-12-17(22(27)24-14-16-7-3-2-4-8-16)13-19(15)25-23(28)21-18-9-5-6-10-20(18)29-26-21/h2-13H,14H2,1H3,(H,24,27)(H,25,28). The third kappa shape index (κ3) is 4.17. The fourth-order valence-corrected chi connectivity index (χ4v) is 3.78. The number of amides is 2. The molecule has 0 radical (unpaired) electrons. The van der Waals surface area contributed by atoms with E-state index in [1.54, 1.807) is 12.1 Å². The van der Waals surface area contributed by atoms with Gasteiger partial charge < -0.3 is 10.6 Å². The minimum absolute atomic E-state index is 0.191. The Labute approximate surface area is 172 Å². The van der Waals surface area contributed by atoms with Crippen LogP contribution in [0.25, 0.3) is 10.1 Å². The van der Waals surface area contributed by atoms with Crippen LogP contribution in [0.1, 0.15) is 32.0 Å². The third-order valence-electron chi connectivity index (χ3n) is 4.64. The normalized spacial score (nSPS) is 10.7. The molecule has 0 bridgehead atoms. The van der Waals surface area contributed by atoms with Crippen LogP contribution in [0.5, 0.6) is 0 Å². The molecule has 0 aliphatic carbocycles. The van der Waals surface area contributed by atoms with Crippen LogP contribution in [-0.4, -0.2) is 16.2 Å². The van der Waals surface area contributed by atoms with E-state index in [1.807, 2.05) is 67.6 Å². The third-order valence-corrected chi connectivity index (χ3v) is 5.46. The highest BCUT2D eigenvalue weighted by atomic mass is 32.1. The number of benzene rings is 3. The second kappa shape index (κ2) is 8.24. The molecule has 1 aromatic heterocycles. The number of carbonyl (C=O) groups is 2. The first-order valence-electron chi connectivity index (χ1n) is 9.20. The van der Waals surface area contributed by atoms with Crippen LogP contribution in [-0.2, 0) is 6.54 Å². The lowest BCUT2D eigenvalue weighted by Gasteiger charge is -2.11. The van der Waals surface area contributed by atoms with Gasteiger partial charge in [-0.05, 0) is 47.8 Å². The first kappa shape index (κ1) is 18.8. The highest BCUT2D eigenvalue weighted by Gasteiger charge is 2.16. The maximum Gasteiger partial charge on any atom is 0.276 e. The van der Waals surface area contributed by atoms with Crippen LogP contribution in [0.3, 0.4) is 0 Å². The van der Waals surface area contributed by atoms with Crippen molar-refractivity contribution >= 4 is 39.1 Å². The van der Waals surface area contributed by atoms with Crippen molar-refractivity contribution in [2.45, 2.75) is 13.5 Å². The average molecular weight is 401 g/mol. The van der Waals surface area contributed by atoms with E-state index in [-0.39, 0.29) is 11.8 Å². The molecule has 4 aromatic rings. The molecule has 0 aliphatic rings. The molecule has 0 unspecified atom stereocenters. The fraction of sp³-hybridized carbons (Fsp3) is 0.0870. The molecule has 3 aromatic carbocycles. The summed E-state index contributed by atoms with van der Waals surface area (Å²) in [5, 5.41) is 6.63. The maximum absolute atomic E-state index is 12.8. The van der Waals surface area contributed by atoms with Crippen LogP contribution in [0.4, 0.5) is 5.69 Å². The predicted molar refractivity (Wildman–Crippen MR) is 116 cm³/mol.